The second-order valence-corrected chi connectivity index (χ2v) is 6.58. The molecule has 5 nitrogen and oxygen atoms in total. The van der Waals surface area contributed by atoms with Crippen molar-refractivity contribution in [3.05, 3.63) is 34.9 Å². The van der Waals surface area contributed by atoms with Crippen LogP contribution in [0, 0.1) is 0 Å². The molecule has 1 fully saturated rings. The highest BCUT2D eigenvalue weighted by Gasteiger charge is 2.35. The maximum Gasteiger partial charge on any atom is 0.227 e. The number of nitrogens with two attached hydrogens (primary N) is 1. The first-order valence-electron chi connectivity index (χ1n) is 8.06. The summed E-state index contributed by atoms with van der Waals surface area (Å²) in [4.78, 5) is 14.0. The van der Waals surface area contributed by atoms with Gasteiger partial charge in [-0.2, -0.15) is 0 Å². The van der Waals surface area contributed by atoms with Crippen molar-refractivity contribution in [2.75, 3.05) is 20.1 Å². The Bertz CT molecular complexity index is 555. The van der Waals surface area contributed by atoms with Crippen LogP contribution in [0.15, 0.2) is 18.2 Å². The molecule has 2 atom stereocenters. The number of fused-ring (bicyclic) bond motifs is 1. The van der Waals surface area contributed by atoms with Crippen LogP contribution in [0.5, 0.6) is 0 Å². The molecule has 22 heavy (non-hydrogen) atoms. The molecule has 1 aromatic rings. The lowest BCUT2D eigenvalue weighted by atomic mass is 9.97. The van der Waals surface area contributed by atoms with E-state index in [1.54, 1.807) is 0 Å². The van der Waals surface area contributed by atoms with Crippen molar-refractivity contribution >= 4 is 5.91 Å². The minimum atomic E-state index is -0.676. The largest absolute Gasteiger partial charge is 0.392 e. The molecule has 1 aromatic carbocycles. The standard InChI is InChI=1S/C17H25N3O2/c1-20(13-4-6-19-7-5-13)10-11-2-3-12-9-15(21)16(17(18)22)14(12)8-11/h2-3,8,13,15-16,19,21H,4-7,9-10H2,1H3,(H2,18,22)/t15-,16-/m1/s1. The van der Waals surface area contributed by atoms with Crippen LogP contribution in [-0.4, -0.2) is 48.2 Å². The maximum absolute atomic E-state index is 11.6. The minimum absolute atomic E-state index is 0.435. The summed E-state index contributed by atoms with van der Waals surface area (Å²) in [6.45, 7) is 3.02. The number of nitrogens with one attached hydrogen (secondary N) is 1. The molecule has 0 bridgehead atoms. The Balaban J connectivity index is 1.75. The SMILES string of the molecule is CN(Cc1ccc2c(c1)[C@@H](C(N)=O)[C@H](O)C2)C1CCNCC1. The van der Waals surface area contributed by atoms with E-state index < -0.39 is 17.9 Å². The van der Waals surface area contributed by atoms with Gasteiger partial charge in [0, 0.05) is 12.6 Å². The molecule has 5 heteroatoms. The lowest BCUT2D eigenvalue weighted by Gasteiger charge is -2.31. The van der Waals surface area contributed by atoms with Gasteiger partial charge < -0.3 is 16.2 Å². The van der Waals surface area contributed by atoms with Gasteiger partial charge in [-0.25, -0.2) is 0 Å². The van der Waals surface area contributed by atoms with Crippen LogP contribution in [0.3, 0.4) is 0 Å². The van der Waals surface area contributed by atoms with Crippen LogP contribution in [-0.2, 0) is 17.8 Å². The van der Waals surface area contributed by atoms with Crippen molar-refractivity contribution in [1.82, 2.24) is 10.2 Å². The fraction of sp³-hybridized carbons (Fsp3) is 0.588. The molecule has 0 spiro atoms. The van der Waals surface area contributed by atoms with Gasteiger partial charge in [0.05, 0.1) is 12.0 Å². The van der Waals surface area contributed by atoms with E-state index >= 15 is 0 Å². The number of primary amides is 1. The third-order valence-corrected chi connectivity index (χ3v) is 5.03. The topological polar surface area (TPSA) is 78.6 Å². The summed E-state index contributed by atoms with van der Waals surface area (Å²) in [5.41, 5.74) is 8.59. The zero-order chi connectivity index (χ0) is 15.7. The summed E-state index contributed by atoms with van der Waals surface area (Å²) >= 11 is 0. The number of benzene rings is 1. The highest BCUT2D eigenvalue weighted by Crippen LogP contribution is 2.34. The minimum Gasteiger partial charge on any atom is -0.392 e. The first kappa shape index (κ1) is 15.5. The summed E-state index contributed by atoms with van der Waals surface area (Å²) in [7, 11) is 2.16. The van der Waals surface area contributed by atoms with Gasteiger partial charge in [-0.15, -0.1) is 0 Å². The Morgan fingerprint density at radius 2 is 2.14 bits per heavy atom. The van der Waals surface area contributed by atoms with Gasteiger partial charge in [0.2, 0.25) is 5.91 Å². The van der Waals surface area contributed by atoms with Gasteiger partial charge >= 0.3 is 0 Å². The average Bonchev–Trinajstić information content (AvgIpc) is 2.83. The number of carbonyl (C=O) groups excluding carboxylic acids is 1. The molecule has 1 saturated heterocycles. The average molecular weight is 303 g/mol. The number of rotatable bonds is 4. The normalized spacial score (nSPS) is 25.4. The second-order valence-electron chi connectivity index (χ2n) is 6.58. The molecule has 1 aliphatic heterocycles. The molecule has 2 aliphatic rings. The number of nitrogens with zero attached hydrogens (tertiary/aromatic N) is 1. The van der Waals surface area contributed by atoms with Crippen LogP contribution in [0.1, 0.15) is 35.4 Å². The fourth-order valence-electron chi connectivity index (χ4n) is 3.78. The summed E-state index contributed by atoms with van der Waals surface area (Å²) in [5.74, 6) is -0.991. The van der Waals surface area contributed by atoms with E-state index in [9.17, 15) is 9.90 Å². The van der Waals surface area contributed by atoms with Crippen LogP contribution in [0.4, 0.5) is 0 Å². The molecule has 120 valence electrons. The highest BCUT2D eigenvalue weighted by molar-refractivity contribution is 5.84. The van der Waals surface area contributed by atoms with Crippen LogP contribution >= 0.6 is 0 Å². The van der Waals surface area contributed by atoms with Crippen molar-refractivity contribution in [2.24, 2.45) is 5.73 Å². The van der Waals surface area contributed by atoms with Crippen LogP contribution < -0.4 is 11.1 Å². The zero-order valence-electron chi connectivity index (χ0n) is 13.1. The van der Waals surface area contributed by atoms with E-state index in [4.69, 9.17) is 5.73 Å². The number of aliphatic hydroxyl groups is 1. The number of hydrogen-bond donors (Lipinski definition) is 3. The van der Waals surface area contributed by atoms with Gasteiger partial charge in [0.25, 0.3) is 0 Å². The van der Waals surface area contributed by atoms with Gasteiger partial charge in [-0.3, -0.25) is 9.69 Å². The lowest BCUT2D eigenvalue weighted by Crippen LogP contribution is -2.40. The second kappa shape index (κ2) is 6.36. The Morgan fingerprint density at radius 3 is 2.82 bits per heavy atom. The molecule has 0 aromatic heterocycles. The first-order chi connectivity index (χ1) is 10.6. The monoisotopic (exact) mass is 303 g/mol. The number of piperidine rings is 1. The molecule has 4 N–H and O–H groups in total. The van der Waals surface area contributed by atoms with Crippen molar-refractivity contribution in [2.45, 2.75) is 43.9 Å². The Hall–Kier alpha value is -1.43. The van der Waals surface area contributed by atoms with E-state index in [1.165, 1.54) is 18.4 Å². The first-order valence-corrected chi connectivity index (χ1v) is 8.06. The lowest BCUT2D eigenvalue weighted by molar-refractivity contribution is -0.121. The van der Waals surface area contributed by atoms with Crippen molar-refractivity contribution in [3.8, 4) is 0 Å². The van der Waals surface area contributed by atoms with Crippen LogP contribution in [0.25, 0.3) is 0 Å². The predicted octanol–water partition coefficient (Wildman–Crippen LogP) is 0.356. The number of hydrogen-bond acceptors (Lipinski definition) is 4. The highest BCUT2D eigenvalue weighted by atomic mass is 16.3. The molecule has 0 saturated carbocycles. The summed E-state index contributed by atoms with van der Waals surface area (Å²) < 4.78 is 0. The maximum atomic E-state index is 11.6. The number of aliphatic hydroxyl groups excluding tert-OH is 1. The van der Waals surface area contributed by atoms with E-state index in [1.807, 2.05) is 6.07 Å². The third kappa shape index (κ3) is 3.02. The van der Waals surface area contributed by atoms with Gasteiger partial charge in [0.15, 0.2) is 0 Å². The van der Waals surface area contributed by atoms with Crippen molar-refractivity contribution in [1.29, 1.82) is 0 Å². The number of amides is 1. The Kier molecular flexibility index (Phi) is 4.47. The fourth-order valence-corrected chi connectivity index (χ4v) is 3.78. The zero-order valence-corrected chi connectivity index (χ0v) is 13.1. The van der Waals surface area contributed by atoms with Gasteiger partial charge in [-0.1, -0.05) is 18.2 Å². The smallest absolute Gasteiger partial charge is 0.227 e. The van der Waals surface area contributed by atoms with Gasteiger partial charge in [0.1, 0.15) is 0 Å². The van der Waals surface area contributed by atoms with E-state index in [2.05, 4.69) is 29.4 Å². The third-order valence-electron chi connectivity index (χ3n) is 5.03. The van der Waals surface area contributed by atoms with Gasteiger partial charge in [-0.05, 0) is 56.1 Å². The van der Waals surface area contributed by atoms with E-state index in [-0.39, 0.29) is 0 Å². The quantitative estimate of drug-likeness (QED) is 0.750. The van der Waals surface area contributed by atoms with E-state index in [0.29, 0.717) is 12.5 Å². The Morgan fingerprint density at radius 1 is 1.41 bits per heavy atom. The van der Waals surface area contributed by atoms with Crippen molar-refractivity contribution in [3.63, 3.8) is 0 Å². The molecule has 1 amide bonds. The summed E-state index contributed by atoms with van der Waals surface area (Å²) in [6, 6.07) is 6.80. The molecule has 1 heterocycles. The number of carbonyl (C=O) groups is 1. The molecular formula is C17H25N3O2. The molecule has 0 unspecified atom stereocenters. The molecule has 0 radical (unpaired) electrons. The van der Waals surface area contributed by atoms with E-state index in [0.717, 1.165) is 30.8 Å². The molecule has 1 aliphatic carbocycles. The predicted molar refractivity (Wildman–Crippen MR) is 85.4 cm³/mol. The van der Waals surface area contributed by atoms with Crippen molar-refractivity contribution < 1.29 is 9.90 Å². The summed E-state index contributed by atoms with van der Waals surface area (Å²) in [6.07, 6.45) is 2.19. The molecular weight excluding hydrogens is 278 g/mol. The summed E-state index contributed by atoms with van der Waals surface area (Å²) in [5, 5.41) is 13.4. The van der Waals surface area contributed by atoms with Crippen LogP contribution in [0.2, 0.25) is 0 Å². The Labute approximate surface area is 131 Å². The molecule has 3 rings (SSSR count).